The Labute approximate surface area is 108 Å². The second kappa shape index (κ2) is 5.21. The van der Waals surface area contributed by atoms with E-state index in [2.05, 4.69) is 0 Å². The lowest BCUT2D eigenvalue weighted by molar-refractivity contribution is 0.0300. The molecule has 0 atom stereocenters. The third-order valence-corrected chi connectivity index (χ3v) is 3.36. The van der Waals surface area contributed by atoms with Gasteiger partial charge in [-0.2, -0.15) is 0 Å². The minimum absolute atomic E-state index is 0.0387. The summed E-state index contributed by atoms with van der Waals surface area (Å²) in [5.74, 6) is -1.10. The van der Waals surface area contributed by atoms with Crippen LogP contribution in [0.25, 0.3) is 0 Å². The lowest BCUT2D eigenvalue weighted by atomic mass is 10.1. The molecule has 1 aromatic rings. The van der Waals surface area contributed by atoms with Crippen molar-refractivity contribution < 1.29 is 13.9 Å². The molecule has 3 nitrogen and oxygen atoms in total. The normalized spacial score (nSPS) is 16.1. The number of hydrogen-bond donors (Lipinski definition) is 0. The Hall–Kier alpha value is -0.840. The van der Waals surface area contributed by atoms with Gasteiger partial charge in [-0.25, -0.2) is 4.39 Å². The topological polar surface area (TPSA) is 29.5 Å². The largest absolute Gasteiger partial charge is 0.378 e. The summed E-state index contributed by atoms with van der Waals surface area (Å²) in [6.07, 6.45) is 0. The first-order chi connectivity index (χ1) is 8.11. The van der Waals surface area contributed by atoms with Crippen molar-refractivity contribution in [1.82, 2.24) is 4.90 Å². The summed E-state index contributed by atoms with van der Waals surface area (Å²) in [6, 6.07) is 2.47. The van der Waals surface area contributed by atoms with E-state index in [9.17, 15) is 9.18 Å². The number of ether oxygens (including phenoxy) is 1. The van der Waals surface area contributed by atoms with Crippen molar-refractivity contribution >= 4 is 29.1 Å². The number of carbonyl (C=O) groups is 1. The molecule has 1 fully saturated rings. The molecule has 2 rings (SSSR count). The zero-order chi connectivity index (χ0) is 12.4. The maximum atomic E-state index is 13.6. The van der Waals surface area contributed by atoms with Gasteiger partial charge in [0.05, 0.1) is 28.8 Å². The van der Waals surface area contributed by atoms with Crippen molar-refractivity contribution in [2.75, 3.05) is 26.3 Å². The molecule has 0 bridgehead atoms. The smallest absolute Gasteiger partial charge is 0.258 e. The van der Waals surface area contributed by atoms with E-state index in [1.54, 1.807) is 0 Å². The van der Waals surface area contributed by atoms with Crippen molar-refractivity contribution in [2.24, 2.45) is 0 Å². The van der Waals surface area contributed by atoms with Crippen LogP contribution in [0, 0.1) is 5.82 Å². The molecule has 1 saturated heterocycles. The Bertz CT molecular complexity index is 447. The highest BCUT2D eigenvalue weighted by Crippen LogP contribution is 2.29. The summed E-state index contributed by atoms with van der Waals surface area (Å²) < 4.78 is 18.7. The van der Waals surface area contributed by atoms with Crippen LogP contribution in [0.15, 0.2) is 12.1 Å². The van der Waals surface area contributed by atoms with E-state index in [1.165, 1.54) is 11.0 Å². The van der Waals surface area contributed by atoms with Crippen molar-refractivity contribution in [3.05, 3.63) is 33.6 Å². The number of benzene rings is 1. The number of carbonyl (C=O) groups excluding carboxylic acids is 1. The minimum atomic E-state index is -0.657. The summed E-state index contributed by atoms with van der Waals surface area (Å²) in [6.45, 7) is 1.76. The lowest BCUT2D eigenvalue weighted by Gasteiger charge is -2.27. The number of rotatable bonds is 1. The highest BCUT2D eigenvalue weighted by Gasteiger charge is 2.24. The van der Waals surface area contributed by atoms with Crippen LogP contribution in [-0.4, -0.2) is 37.1 Å². The van der Waals surface area contributed by atoms with Crippen molar-refractivity contribution in [2.45, 2.75) is 0 Å². The Morgan fingerprint density at radius 1 is 1.29 bits per heavy atom. The zero-order valence-electron chi connectivity index (χ0n) is 8.88. The second-order valence-corrected chi connectivity index (χ2v) is 4.41. The first kappa shape index (κ1) is 12.6. The number of amides is 1. The van der Waals surface area contributed by atoms with Crippen LogP contribution in [0.3, 0.4) is 0 Å². The Morgan fingerprint density at radius 2 is 1.94 bits per heavy atom. The fourth-order valence-electron chi connectivity index (χ4n) is 1.65. The molecule has 1 aliphatic rings. The van der Waals surface area contributed by atoms with Crippen molar-refractivity contribution in [3.8, 4) is 0 Å². The first-order valence-corrected chi connectivity index (χ1v) is 5.87. The minimum Gasteiger partial charge on any atom is -0.378 e. The van der Waals surface area contributed by atoms with E-state index in [-0.39, 0.29) is 15.6 Å². The summed E-state index contributed by atoms with van der Waals surface area (Å²) >= 11 is 11.6. The predicted octanol–water partition coefficient (Wildman–Crippen LogP) is 2.60. The number of morpholine rings is 1. The van der Waals surface area contributed by atoms with E-state index in [0.29, 0.717) is 26.3 Å². The van der Waals surface area contributed by atoms with Gasteiger partial charge in [-0.05, 0) is 12.1 Å². The monoisotopic (exact) mass is 277 g/mol. The molecule has 0 unspecified atom stereocenters. The molecule has 0 spiro atoms. The molecule has 0 saturated carbocycles. The molecular weight excluding hydrogens is 268 g/mol. The van der Waals surface area contributed by atoms with Gasteiger partial charge in [0.25, 0.3) is 5.91 Å². The SMILES string of the molecule is O=C(c1c(F)ccc(Cl)c1Cl)N1CCOCC1. The summed E-state index contributed by atoms with van der Waals surface area (Å²) in [4.78, 5) is 13.6. The third kappa shape index (κ3) is 2.54. The third-order valence-electron chi connectivity index (χ3n) is 2.56. The molecule has 0 N–H and O–H groups in total. The fourth-order valence-corrected chi connectivity index (χ4v) is 2.04. The number of nitrogens with zero attached hydrogens (tertiary/aromatic N) is 1. The van der Waals surface area contributed by atoms with Gasteiger partial charge in [0, 0.05) is 13.1 Å². The van der Waals surface area contributed by atoms with Crippen LogP contribution in [0.1, 0.15) is 10.4 Å². The number of halogens is 3. The molecule has 1 heterocycles. The van der Waals surface area contributed by atoms with Gasteiger partial charge in [0.1, 0.15) is 5.82 Å². The van der Waals surface area contributed by atoms with Crippen molar-refractivity contribution in [1.29, 1.82) is 0 Å². The Balaban J connectivity index is 2.32. The van der Waals surface area contributed by atoms with Crippen LogP contribution in [0.4, 0.5) is 4.39 Å². The molecule has 0 aliphatic carbocycles. The van der Waals surface area contributed by atoms with E-state index in [4.69, 9.17) is 27.9 Å². The summed E-state index contributed by atoms with van der Waals surface area (Å²) in [7, 11) is 0. The Morgan fingerprint density at radius 3 is 2.59 bits per heavy atom. The van der Waals surface area contributed by atoms with Gasteiger partial charge in [-0.3, -0.25) is 4.79 Å². The van der Waals surface area contributed by atoms with Crippen LogP contribution >= 0.6 is 23.2 Å². The summed E-state index contributed by atoms with van der Waals surface area (Å²) in [5, 5.41) is 0.132. The van der Waals surface area contributed by atoms with Crippen LogP contribution in [-0.2, 0) is 4.74 Å². The second-order valence-electron chi connectivity index (χ2n) is 3.62. The first-order valence-electron chi connectivity index (χ1n) is 5.12. The molecule has 17 heavy (non-hydrogen) atoms. The molecule has 0 radical (unpaired) electrons. The van der Waals surface area contributed by atoms with Crippen LogP contribution < -0.4 is 0 Å². The van der Waals surface area contributed by atoms with Gasteiger partial charge >= 0.3 is 0 Å². The van der Waals surface area contributed by atoms with E-state index >= 15 is 0 Å². The summed E-state index contributed by atoms with van der Waals surface area (Å²) in [5.41, 5.74) is -0.166. The molecule has 1 amide bonds. The lowest BCUT2D eigenvalue weighted by Crippen LogP contribution is -2.41. The maximum Gasteiger partial charge on any atom is 0.258 e. The molecular formula is C11H10Cl2FNO2. The van der Waals surface area contributed by atoms with Gasteiger partial charge in [0.15, 0.2) is 0 Å². The zero-order valence-corrected chi connectivity index (χ0v) is 10.4. The standard InChI is InChI=1S/C11H10Cl2FNO2/c12-7-1-2-8(14)9(10(7)13)11(16)15-3-5-17-6-4-15/h1-2H,3-6H2. The molecule has 1 aromatic carbocycles. The average Bonchev–Trinajstić information content (AvgIpc) is 2.35. The van der Waals surface area contributed by atoms with E-state index in [0.717, 1.165) is 6.07 Å². The van der Waals surface area contributed by atoms with Crippen molar-refractivity contribution in [3.63, 3.8) is 0 Å². The van der Waals surface area contributed by atoms with Gasteiger partial charge < -0.3 is 9.64 Å². The predicted molar refractivity (Wildman–Crippen MR) is 63.1 cm³/mol. The van der Waals surface area contributed by atoms with Gasteiger partial charge in [0.2, 0.25) is 0 Å². The fraction of sp³-hybridized carbons (Fsp3) is 0.364. The maximum absolute atomic E-state index is 13.6. The van der Waals surface area contributed by atoms with Gasteiger partial charge in [-0.15, -0.1) is 0 Å². The number of hydrogen-bond acceptors (Lipinski definition) is 2. The molecule has 1 aliphatic heterocycles. The Kier molecular flexibility index (Phi) is 3.86. The highest BCUT2D eigenvalue weighted by molar-refractivity contribution is 6.43. The molecule has 6 heteroatoms. The quantitative estimate of drug-likeness (QED) is 0.739. The van der Waals surface area contributed by atoms with Crippen LogP contribution in [0.5, 0.6) is 0 Å². The van der Waals surface area contributed by atoms with E-state index < -0.39 is 11.7 Å². The average molecular weight is 278 g/mol. The van der Waals surface area contributed by atoms with E-state index in [1.807, 2.05) is 0 Å². The molecule has 0 aromatic heterocycles. The van der Waals surface area contributed by atoms with Gasteiger partial charge in [-0.1, -0.05) is 23.2 Å². The van der Waals surface area contributed by atoms with Crippen LogP contribution in [0.2, 0.25) is 10.0 Å². The molecule has 92 valence electrons. The highest BCUT2D eigenvalue weighted by atomic mass is 35.5.